The maximum absolute atomic E-state index is 12.7. The second kappa shape index (κ2) is 15.2. The van der Waals surface area contributed by atoms with Crippen molar-refractivity contribution in [1.29, 1.82) is 0 Å². The number of halogens is 1. The molecule has 220 valence electrons. The fraction of sp³-hybridized carbons (Fsp3) is 0.385. The van der Waals surface area contributed by atoms with Crippen molar-refractivity contribution in [2.45, 2.75) is 26.7 Å². The molecule has 1 saturated heterocycles. The Morgan fingerprint density at radius 2 is 1.73 bits per heavy atom. The summed E-state index contributed by atoms with van der Waals surface area (Å²) in [5, 5.41) is 32.0. The Balaban J connectivity index is 0.000000507. The molecule has 4 rings (SSSR count). The molecule has 0 saturated carbocycles. The SMILES string of the molecule is Cc1nc(Nc2ncc(C(=O)Nc3c(C)cccc3Cl)s2)cc(N2CCN(CCO)CC2)n1.O=C(O)CCC(=O)O. The summed E-state index contributed by atoms with van der Waals surface area (Å²) in [6, 6.07) is 7.37. The number of aliphatic carboxylic acids is 2. The molecule has 0 aliphatic carbocycles. The van der Waals surface area contributed by atoms with Crippen LogP contribution in [0.2, 0.25) is 5.02 Å². The van der Waals surface area contributed by atoms with Gasteiger partial charge in [0.25, 0.3) is 5.91 Å². The molecule has 1 fully saturated rings. The minimum Gasteiger partial charge on any atom is -0.481 e. The molecule has 1 aliphatic heterocycles. The summed E-state index contributed by atoms with van der Waals surface area (Å²) < 4.78 is 0. The molecule has 13 nitrogen and oxygen atoms in total. The highest BCUT2D eigenvalue weighted by molar-refractivity contribution is 7.17. The number of piperazine rings is 1. The fourth-order valence-electron chi connectivity index (χ4n) is 3.85. The van der Waals surface area contributed by atoms with Crippen molar-refractivity contribution in [2.24, 2.45) is 0 Å². The van der Waals surface area contributed by atoms with Crippen LogP contribution in [-0.4, -0.2) is 92.3 Å². The van der Waals surface area contributed by atoms with E-state index < -0.39 is 11.9 Å². The van der Waals surface area contributed by atoms with E-state index in [0.717, 1.165) is 37.6 Å². The molecule has 0 bridgehead atoms. The van der Waals surface area contributed by atoms with E-state index in [1.807, 2.05) is 32.0 Å². The van der Waals surface area contributed by atoms with Crippen LogP contribution in [0.5, 0.6) is 0 Å². The summed E-state index contributed by atoms with van der Waals surface area (Å²) in [6.07, 6.45) is 0.939. The number of carboxylic acids is 2. The van der Waals surface area contributed by atoms with E-state index in [1.165, 1.54) is 17.5 Å². The minimum atomic E-state index is -1.08. The monoisotopic (exact) mass is 605 g/mol. The number of nitrogens with zero attached hydrogens (tertiary/aromatic N) is 5. The van der Waals surface area contributed by atoms with Crippen LogP contribution in [0.15, 0.2) is 30.5 Å². The Morgan fingerprint density at radius 1 is 1.05 bits per heavy atom. The van der Waals surface area contributed by atoms with E-state index in [4.69, 9.17) is 26.9 Å². The zero-order valence-electron chi connectivity index (χ0n) is 22.6. The topological polar surface area (TPSA) is 181 Å². The van der Waals surface area contributed by atoms with Crippen LogP contribution in [0.25, 0.3) is 0 Å². The highest BCUT2D eigenvalue weighted by atomic mass is 35.5. The second-order valence-corrected chi connectivity index (χ2v) is 10.5. The van der Waals surface area contributed by atoms with Crippen molar-refractivity contribution in [3.05, 3.63) is 51.7 Å². The average Bonchev–Trinajstić information content (AvgIpc) is 3.39. The Labute approximate surface area is 245 Å². The lowest BCUT2D eigenvalue weighted by Gasteiger charge is -2.35. The Bertz CT molecular complexity index is 1330. The molecule has 1 aliphatic rings. The van der Waals surface area contributed by atoms with Gasteiger partial charge < -0.3 is 30.9 Å². The number of β-amino-alcohol motifs (C(OH)–C–C–N with tert-alkyl or cyclic N) is 1. The fourth-order valence-corrected chi connectivity index (χ4v) is 4.83. The van der Waals surface area contributed by atoms with Gasteiger partial charge in [-0.25, -0.2) is 15.0 Å². The number of aromatic nitrogens is 3. The molecule has 5 N–H and O–H groups in total. The molecule has 1 aromatic carbocycles. The number of aliphatic hydroxyl groups excluding tert-OH is 1. The maximum atomic E-state index is 12.7. The third-order valence-electron chi connectivity index (χ3n) is 5.91. The highest BCUT2D eigenvalue weighted by Crippen LogP contribution is 2.28. The number of hydrogen-bond donors (Lipinski definition) is 5. The summed E-state index contributed by atoms with van der Waals surface area (Å²) in [4.78, 5) is 50.3. The lowest BCUT2D eigenvalue weighted by atomic mass is 10.2. The van der Waals surface area contributed by atoms with E-state index in [2.05, 4.69) is 35.4 Å². The zero-order valence-corrected chi connectivity index (χ0v) is 24.2. The van der Waals surface area contributed by atoms with Crippen molar-refractivity contribution in [3.8, 4) is 0 Å². The van der Waals surface area contributed by atoms with Crippen LogP contribution in [0, 0.1) is 13.8 Å². The van der Waals surface area contributed by atoms with Gasteiger partial charge in [-0.15, -0.1) is 0 Å². The van der Waals surface area contributed by atoms with Gasteiger partial charge >= 0.3 is 11.9 Å². The Hall–Kier alpha value is -3.85. The van der Waals surface area contributed by atoms with Gasteiger partial charge in [-0.1, -0.05) is 35.1 Å². The van der Waals surface area contributed by atoms with E-state index in [0.29, 0.717) is 38.9 Å². The average molecular weight is 606 g/mol. The molecular formula is C26H32ClN7O6S. The number of carbonyl (C=O) groups is 3. The smallest absolute Gasteiger partial charge is 0.303 e. The van der Waals surface area contributed by atoms with Crippen molar-refractivity contribution < 1.29 is 29.7 Å². The number of rotatable bonds is 10. The lowest BCUT2D eigenvalue weighted by molar-refractivity contribution is -0.143. The number of carboxylic acid groups (broad SMARTS) is 2. The number of thiazole rings is 1. The molecule has 41 heavy (non-hydrogen) atoms. The van der Waals surface area contributed by atoms with E-state index in [-0.39, 0.29) is 25.4 Å². The van der Waals surface area contributed by atoms with Gasteiger partial charge in [-0.2, -0.15) is 0 Å². The van der Waals surface area contributed by atoms with Gasteiger partial charge in [-0.05, 0) is 25.5 Å². The summed E-state index contributed by atoms with van der Waals surface area (Å²) in [7, 11) is 0. The van der Waals surface area contributed by atoms with Crippen LogP contribution < -0.4 is 15.5 Å². The molecular weight excluding hydrogens is 574 g/mol. The van der Waals surface area contributed by atoms with Crippen molar-refractivity contribution in [1.82, 2.24) is 19.9 Å². The predicted molar refractivity (Wildman–Crippen MR) is 157 cm³/mol. The van der Waals surface area contributed by atoms with E-state index in [1.54, 1.807) is 6.07 Å². The first-order valence-corrected chi connectivity index (χ1v) is 13.9. The second-order valence-electron chi connectivity index (χ2n) is 9.04. The zero-order chi connectivity index (χ0) is 29.9. The summed E-state index contributed by atoms with van der Waals surface area (Å²) in [5.74, 6) is -0.302. The number of hydrogen-bond acceptors (Lipinski definition) is 11. The lowest BCUT2D eigenvalue weighted by Crippen LogP contribution is -2.47. The summed E-state index contributed by atoms with van der Waals surface area (Å²) in [6.45, 7) is 8.03. The third-order valence-corrected chi connectivity index (χ3v) is 7.14. The van der Waals surface area contributed by atoms with Crippen molar-refractivity contribution in [3.63, 3.8) is 0 Å². The largest absolute Gasteiger partial charge is 0.481 e. The number of benzene rings is 1. The standard InChI is InChI=1S/C22H26ClN7O2S.C4H6O4/c1-14-4-3-5-16(23)20(14)28-21(32)17-13-24-22(33-17)27-18-12-19(26-15(2)25-18)30-8-6-29(7-9-30)10-11-31;5-3(6)1-2-4(7)8/h3-5,12-13,31H,6-11H2,1-2H3,(H,28,32)(H,24,25,26,27);1-2H2,(H,5,6)(H,7,8). The Morgan fingerprint density at radius 3 is 2.34 bits per heavy atom. The van der Waals surface area contributed by atoms with Crippen LogP contribution in [0.3, 0.4) is 0 Å². The van der Waals surface area contributed by atoms with Gasteiger partial charge in [0.2, 0.25) is 0 Å². The molecule has 2 aromatic heterocycles. The minimum absolute atomic E-state index is 0.173. The summed E-state index contributed by atoms with van der Waals surface area (Å²) in [5.41, 5.74) is 1.49. The number of aliphatic hydroxyl groups is 1. The molecule has 1 amide bonds. The molecule has 15 heteroatoms. The van der Waals surface area contributed by atoms with E-state index in [9.17, 15) is 14.4 Å². The van der Waals surface area contributed by atoms with Crippen molar-refractivity contribution >= 4 is 63.2 Å². The van der Waals surface area contributed by atoms with Crippen LogP contribution in [-0.2, 0) is 9.59 Å². The van der Waals surface area contributed by atoms with Gasteiger partial charge in [0.05, 0.1) is 36.4 Å². The first-order valence-electron chi connectivity index (χ1n) is 12.7. The third kappa shape index (κ3) is 9.93. The normalized spacial score (nSPS) is 13.2. The van der Waals surface area contributed by atoms with Gasteiger partial charge in [0.15, 0.2) is 5.13 Å². The number of nitrogens with one attached hydrogen (secondary N) is 2. The van der Waals surface area contributed by atoms with Gasteiger partial charge in [0.1, 0.15) is 22.3 Å². The molecule has 0 atom stereocenters. The quantitative estimate of drug-likeness (QED) is 0.228. The first kappa shape index (κ1) is 31.7. The number of para-hydroxylation sites is 1. The first-order chi connectivity index (χ1) is 19.5. The van der Waals surface area contributed by atoms with Crippen LogP contribution in [0.4, 0.5) is 22.5 Å². The van der Waals surface area contributed by atoms with Crippen LogP contribution in [0.1, 0.15) is 33.9 Å². The number of amides is 1. The number of anilines is 4. The molecule has 0 unspecified atom stereocenters. The summed E-state index contributed by atoms with van der Waals surface area (Å²) >= 11 is 7.46. The van der Waals surface area contributed by atoms with Crippen molar-refractivity contribution in [2.75, 3.05) is 54.9 Å². The molecule has 3 heterocycles. The molecule has 0 spiro atoms. The highest BCUT2D eigenvalue weighted by Gasteiger charge is 2.19. The maximum Gasteiger partial charge on any atom is 0.303 e. The number of carbonyl (C=O) groups excluding carboxylic acids is 1. The number of aryl methyl sites for hydroxylation is 2. The Kier molecular flexibility index (Phi) is 11.8. The predicted octanol–water partition coefficient (Wildman–Crippen LogP) is 3.25. The molecule has 0 radical (unpaired) electrons. The molecule has 3 aromatic rings. The van der Waals surface area contributed by atoms with Gasteiger partial charge in [-0.3, -0.25) is 19.3 Å². The van der Waals surface area contributed by atoms with E-state index >= 15 is 0 Å². The van der Waals surface area contributed by atoms with Crippen LogP contribution >= 0.6 is 22.9 Å². The van der Waals surface area contributed by atoms with Gasteiger partial charge in [0, 0.05) is 38.8 Å².